The van der Waals surface area contributed by atoms with E-state index in [0.29, 0.717) is 19.4 Å². The fourth-order valence-corrected chi connectivity index (χ4v) is 7.90. The molecule has 0 fully saturated rings. The molecule has 66 heavy (non-hydrogen) atoms. The normalized spacial score (nSPS) is 12.7. The maximum atomic E-state index is 12.9. The molecule has 0 heterocycles. The lowest BCUT2D eigenvalue weighted by Crippen LogP contribution is -2.30. The van der Waals surface area contributed by atoms with Crippen LogP contribution in [0.5, 0.6) is 0 Å². The topological polar surface area (TPSA) is 61.8 Å². The van der Waals surface area contributed by atoms with Crippen LogP contribution in [0.25, 0.3) is 0 Å². The summed E-state index contributed by atoms with van der Waals surface area (Å²) in [4.78, 5) is 25.5. The molecule has 0 amide bonds. The molecule has 0 aliphatic heterocycles. The van der Waals surface area contributed by atoms with Gasteiger partial charge in [0.25, 0.3) is 0 Å². The summed E-state index contributed by atoms with van der Waals surface area (Å²) in [6.07, 6.45) is 73.4. The third kappa shape index (κ3) is 54.0. The number of hydrogen-bond donors (Lipinski definition) is 0. The first-order chi connectivity index (χ1) is 32.6. The minimum absolute atomic E-state index is 0.0712. The molecule has 0 aliphatic rings. The molecule has 1 atom stereocenters. The van der Waals surface area contributed by atoms with Crippen LogP contribution in [0.2, 0.25) is 0 Å². The highest BCUT2D eigenvalue weighted by molar-refractivity contribution is 5.70. The summed E-state index contributed by atoms with van der Waals surface area (Å²) in [5, 5.41) is 0. The van der Waals surface area contributed by atoms with Gasteiger partial charge >= 0.3 is 11.9 Å². The second kappa shape index (κ2) is 56.7. The third-order valence-electron chi connectivity index (χ3n) is 12.2. The van der Waals surface area contributed by atoms with Crippen LogP contribution in [0.4, 0.5) is 0 Å². The molecular weight excluding hydrogens is 813 g/mol. The molecule has 0 saturated heterocycles. The lowest BCUT2D eigenvalue weighted by atomic mass is 10.1. The second-order valence-corrected chi connectivity index (χ2v) is 18.8. The van der Waals surface area contributed by atoms with Crippen molar-refractivity contribution in [2.24, 2.45) is 0 Å². The van der Waals surface area contributed by atoms with Gasteiger partial charge in [0.15, 0.2) is 6.10 Å². The first-order valence-corrected chi connectivity index (χ1v) is 28.5. The molecule has 0 aliphatic carbocycles. The quantitative estimate of drug-likeness (QED) is 0.0346. The second-order valence-electron chi connectivity index (χ2n) is 18.8. The molecule has 0 aromatic carbocycles. The Kier molecular flexibility index (Phi) is 54.4. The van der Waals surface area contributed by atoms with Gasteiger partial charge in [0, 0.05) is 19.4 Å². The first-order valence-electron chi connectivity index (χ1n) is 28.5. The third-order valence-corrected chi connectivity index (χ3v) is 12.2. The molecule has 0 rings (SSSR count). The Bertz CT molecular complexity index is 1180. The minimum Gasteiger partial charge on any atom is -0.462 e. The van der Waals surface area contributed by atoms with E-state index in [1.807, 2.05) is 0 Å². The molecule has 0 spiro atoms. The molecule has 1 unspecified atom stereocenters. The lowest BCUT2D eigenvalue weighted by molar-refractivity contribution is -0.163. The van der Waals surface area contributed by atoms with Gasteiger partial charge in [-0.3, -0.25) is 9.59 Å². The number of hydrogen-bond acceptors (Lipinski definition) is 5. The summed E-state index contributed by atoms with van der Waals surface area (Å²) in [7, 11) is 0. The van der Waals surface area contributed by atoms with Gasteiger partial charge in [-0.25, -0.2) is 0 Å². The van der Waals surface area contributed by atoms with E-state index in [-0.39, 0.29) is 25.2 Å². The molecule has 5 nitrogen and oxygen atoms in total. The van der Waals surface area contributed by atoms with Gasteiger partial charge in [-0.1, -0.05) is 229 Å². The molecule has 0 radical (unpaired) electrons. The summed E-state index contributed by atoms with van der Waals surface area (Å²) >= 11 is 0. The Balaban J connectivity index is 4.30. The van der Waals surface area contributed by atoms with Crippen LogP contribution < -0.4 is 0 Å². The zero-order valence-corrected chi connectivity index (χ0v) is 44.0. The first kappa shape index (κ1) is 63.3. The number of esters is 2. The van der Waals surface area contributed by atoms with Crippen LogP contribution in [-0.2, 0) is 23.8 Å². The number of ether oxygens (including phenoxy) is 3. The van der Waals surface area contributed by atoms with E-state index in [9.17, 15) is 9.59 Å². The van der Waals surface area contributed by atoms with Crippen LogP contribution in [0.1, 0.15) is 278 Å². The van der Waals surface area contributed by atoms with E-state index in [4.69, 9.17) is 14.2 Å². The molecule has 0 aromatic heterocycles. The standard InChI is InChI=1S/C61H108O5/c1-4-7-10-13-16-19-22-25-28-30-31-33-34-36-39-42-45-48-51-54-60(62)65-58-59(57-64-56-53-50-47-44-41-38-27-24-21-18-15-12-9-6-3)66-61(63)55-52-49-46-43-40-37-35-32-29-26-23-20-17-14-11-8-5-2/h12,15-16,19,21,24-26,28-29,31,33,59H,4-11,13-14,17-18,20,22-23,27,30,32,34-58H2,1-3H3/b15-12-,19-16-,24-21-,28-25-,29-26-,33-31-. The predicted octanol–water partition coefficient (Wildman–Crippen LogP) is 19.5. The highest BCUT2D eigenvalue weighted by Crippen LogP contribution is 2.14. The fraction of sp³-hybridized carbons (Fsp3) is 0.770. The molecule has 382 valence electrons. The van der Waals surface area contributed by atoms with Crippen molar-refractivity contribution in [1.29, 1.82) is 0 Å². The number of carbonyl (C=O) groups is 2. The number of unbranched alkanes of at least 4 members (excludes halogenated alkanes) is 29. The van der Waals surface area contributed by atoms with Crippen molar-refractivity contribution in [3.63, 3.8) is 0 Å². The van der Waals surface area contributed by atoms with E-state index >= 15 is 0 Å². The zero-order chi connectivity index (χ0) is 47.7. The average Bonchev–Trinajstić information content (AvgIpc) is 3.32. The molecule has 0 N–H and O–H groups in total. The molecular formula is C61H108O5. The zero-order valence-electron chi connectivity index (χ0n) is 44.0. The fourth-order valence-electron chi connectivity index (χ4n) is 7.90. The Hall–Kier alpha value is -2.66. The Morgan fingerprint density at radius 2 is 0.667 bits per heavy atom. The largest absolute Gasteiger partial charge is 0.462 e. The monoisotopic (exact) mass is 921 g/mol. The Morgan fingerprint density at radius 1 is 0.333 bits per heavy atom. The van der Waals surface area contributed by atoms with Crippen LogP contribution in [-0.4, -0.2) is 37.9 Å². The Labute approximate surface area is 410 Å². The SMILES string of the molecule is CCC/C=C\C/C=C\CCCCCCCCOCC(COC(=O)CCCCCCCC/C=C\C/C=C\C/C=C\CCCCC)OC(=O)CCCCCCCCC/C=C\CCCCCCCC. The van der Waals surface area contributed by atoms with Crippen molar-refractivity contribution in [1.82, 2.24) is 0 Å². The lowest BCUT2D eigenvalue weighted by Gasteiger charge is -2.18. The highest BCUT2D eigenvalue weighted by atomic mass is 16.6. The maximum absolute atomic E-state index is 12.9. The summed E-state index contributed by atoms with van der Waals surface area (Å²) in [6, 6.07) is 0. The van der Waals surface area contributed by atoms with E-state index in [1.54, 1.807) is 0 Å². The van der Waals surface area contributed by atoms with Crippen molar-refractivity contribution < 1.29 is 23.8 Å². The minimum atomic E-state index is -0.552. The van der Waals surface area contributed by atoms with Gasteiger partial charge in [-0.2, -0.15) is 0 Å². The summed E-state index contributed by atoms with van der Waals surface area (Å²) in [6.45, 7) is 7.72. The van der Waals surface area contributed by atoms with Crippen molar-refractivity contribution in [2.75, 3.05) is 19.8 Å². The molecule has 0 aromatic rings. The van der Waals surface area contributed by atoms with E-state index in [2.05, 4.69) is 93.7 Å². The van der Waals surface area contributed by atoms with Gasteiger partial charge in [-0.15, -0.1) is 0 Å². The van der Waals surface area contributed by atoms with Crippen molar-refractivity contribution >= 4 is 11.9 Å². The highest BCUT2D eigenvalue weighted by Gasteiger charge is 2.17. The maximum Gasteiger partial charge on any atom is 0.306 e. The van der Waals surface area contributed by atoms with Crippen molar-refractivity contribution in [2.45, 2.75) is 284 Å². The molecule has 0 saturated carbocycles. The van der Waals surface area contributed by atoms with Gasteiger partial charge in [0.2, 0.25) is 0 Å². The van der Waals surface area contributed by atoms with Crippen LogP contribution in [0.3, 0.4) is 0 Å². The molecule has 5 heteroatoms. The van der Waals surface area contributed by atoms with Gasteiger partial charge in [-0.05, 0) is 109 Å². The number of carbonyl (C=O) groups excluding carboxylic acids is 2. The van der Waals surface area contributed by atoms with Gasteiger partial charge in [0.1, 0.15) is 6.61 Å². The van der Waals surface area contributed by atoms with Crippen LogP contribution in [0, 0.1) is 0 Å². The van der Waals surface area contributed by atoms with E-state index < -0.39 is 6.10 Å². The predicted molar refractivity (Wildman–Crippen MR) is 288 cm³/mol. The summed E-state index contributed by atoms with van der Waals surface area (Å²) in [5.74, 6) is -0.416. The summed E-state index contributed by atoms with van der Waals surface area (Å²) < 4.78 is 17.4. The summed E-state index contributed by atoms with van der Waals surface area (Å²) in [5.41, 5.74) is 0. The Morgan fingerprint density at radius 3 is 1.12 bits per heavy atom. The number of allylic oxidation sites excluding steroid dienone is 12. The van der Waals surface area contributed by atoms with Gasteiger partial charge < -0.3 is 14.2 Å². The molecule has 0 bridgehead atoms. The number of rotatable bonds is 52. The van der Waals surface area contributed by atoms with Crippen LogP contribution in [0.15, 0.2) is 72.9 Å². The average molecular weight is 922 g/mol. The van der Waals surface area contributed by atoms with Crippen molar-refractivity contribution in [3.8, 4) is 0 Å². The van der Waals surface area contributed by atoms with E-state index in [1.165, 1.54) is 167 Å². The van der Waals surface area contributed by atoms with Gasteiger partial charge in [0.05, 0.1) is 6.61 Å². The smallest absolute Gasteiger partial charge is 0.306 e. The van der Waals surface area contributed by atoms with Crippen molar-refractivity contribution in [3.05, 3.63) is 72.9 Å². The van der Waals surface area contributed by atoms with Crippen LogP contribution >= 0.6 is 0 Å². The van der Waals surface area contributed by atoms with E-state index in [0.717, 1.165) is 77.0 Å².